The predicted octanol–water partition coefficient (Wildman–Crippen LogP) is 3.30. The lowest BCUT2D eigenvalue weighted by Crippen LogP contribution is -2.26. The molecule has 3 aromatic rings. The molecule has 0 bridgehead atoms. The van der Waals surface area contributed by atoms with Gasteiger partial charge in [-0.25, -0.2) is 9.97 Å². The molecule has 3 rings (SSSR count). The summed E-state index contributed by atoms with van der Waals surface area (Å²) >= 11 is 9.04. The molecule has 0 radical (unpaired) electrons. The summed E-state index contributed by atoms with van der Waals surface area (Å²) in [5.74, 6) is -0.159. The number of thiazole rings is 2. The number of hydrogen-bond acceptors (Lipinski definition) is 6. The molecule has 0 spiro atoms. The minimum absolute atomic E-state index is 0. The van der Waals surface area contributed by atoms with Crippen LogP contribution in [0.1, 0.15) is 20.5 Å². The molecule has 0 aliphatic rings. The molecule has 1 aromatic carbocycles. The summed E-state index contributed by atoms with van der Waals surface area (Å²) in [4.78, 5) is 20.8. The van der Waals surface area contributed by atoms with Crippen molar-refractivity contribution < 1.29 is 4.79 Å². The Balaban J connectivity index is 0.00000208. The standard InChI is InChI=1S/C15H15ClN4OS2.ClH/c16-9-1-2-12-10(7-9)19-14(23-12)4-6-18-15(21)11-8-22-13(20-11)3-5-17;/h1-2,7-8H,3-6,17H2,(H,18,21);1H. The molecule has 2 heterocycles. The summed E-state index contributed by atoms with van der Waals surface area (Å²) in [5, 5.41) is 7.18. The molecule has 3 N–H and O–H groups in total. The summed E-state index contributed by atoms with van der Waals surface area (Å²) in [7, 11) is 0. The van der Waals surface area contributed by atoms with Crippen LogP contribution in [-0.4, -0.2) is 29.0 Å². The number of nitrogens with one attached hydrogen (secondary N) is 1. The van der Waals surface area contributed by atoms with Crippen LogP contribution in [0, 0.1) is 0 Å². The summed E-state index contributed by atoms with van der Waals surface area (Å²) < 4.78 is 1.10. The van der Waals surface area contributed by atoms with Crippen molar-refractivity contribution >= 4 is 62.8 Å². The molecule has 0 saturated carbocycles. The van der Waals surface area contributed by atoms with Gasteiger partial charge in [0.25, 0.3) is 5.91 Å². The first-order valence-electron chi connectivity index (χ1n) is 7.13. The number of carbonyl (C=O) groups is 1. The maximum Gasteiger partial charge on any atom is 0.270 e. The van der Waals surface area contributed by atoms with Gasteiger partial charge in [-0.2, -0.15) is 0 Å². The highest BCUT2D eigenvalue weighted by Crippen LogP contribution is 2.25. The third kappa shape index (κ3) is 4.64. The molecule has 0 saturated heterocycles. The minimum atomic E-state index is -0.159. The lowest BCUT2D eigenvalue weighted by Gasteiger charge is -2.00. The van der Waals surface area contributed by atoms with Crippen LogP contribution >= 0.6 is 46.7 Å². The van der Waals surface area contributed by atoms with E-state index in [-0.39, 0.29) is 18.3 Å². The quantitative estimate of drug-likeness (QED) is 0.662. The Bertz CT molecular complexity index is 834. The van der Waals surface area contributed by atoms with Crippen molar-refractivity contribution in [2.75, 3.05) is 13.1 Å². The van der Waals surface area contributed by atoms with E-state index < -0.39 is 0 Å². The normalized spacial score (nSPS) is 10.6. The van der Waals surface area contributed by atoms with Crippen molar-refractivity contribution in [1.82, 2.24) is 15.3 Å². The molecule has 0 aliphatic carbocycles. The van der Waals surface area contributed by atoms with Crippen molar-refractivity contribution in [1.29, 1.82) is 0 Å². The van der Waals surface area contributed by atoms with Crippen LogP contribution in [0.15, 0.2) is 23.6 Å². The number of benzene rings is 1. The molecular formula is C15H16Cl2N4OS2. The van der Waals surface area contributed by atoms with E-state index in [9.17, 15) is 4.79 Å². The first-order valence-corrected chi connectivity index (χ1v) is 9.21. The van der Waals surface area contributed by atoms with Gasteiger partial charge in [-0.1, -0.05) is 11.6 Å². The van der Waals surface area contributed by atoms with Crippen molar-refractivity contribution in [3.8, 4) is 0 Å². The summed E-state index contributed by atoms with van der Waals surface area (Å²) in [6.45, 7) is 1.06. The molecular weight excluding hydrogens is 387 g/mol. The van der Waals surface area contributed by atoms with Gasteiger partial charge in [0, 0.05) is 29.8 Å². The van der Waals surface area contributed by atoms with Gasteiger partial charge in [0.15, 0.2) is 0 Å². The van der Waals surface area contributed by atoms with Crippen LogP contribution in [0.4, 0.5) is 0 Å². The zero-order chi connectivity index (χ0) is 16.2. The van der Waals surface area contributed by atoms with Gasteiger partial charge < -0.3 is 11.1 Å². The van der Waals surface area contributed by atoms with E-state index in [1.165, 1.54) is 11.3 Å². The Morgan fingerprint density at radius 1 is 1.25 bits per heavy atom. The number of aromatic nitrogens is 2. The van der Waals surface area contributed by atoms with E-state index in [1.807, 2.05) is 18.2 Å². The zero-order valence-electron chi connectivity index (χ0n) is 12.6. The molecule has 24 heavy (non-hydrogen) atoms. The Morgan fingerprint density at radius 3 is 2.88 bits per heavy atom. The highest BCUT2D eigenvalue weighted by molar-refractivity contribution is 7.18. The topological polar surface area (TPSA) is 80.9 Å². The monoisotopic (exact) mass is 402 g/mol. The largest absolute Gasteiger partial charge is 0.350 e. The van der Waals surface area contributed by atoms with Gasteiger partial charge in [0.2, 0.25) is 0 Å². The Kier molecular flexibility index (Phi) is 6.94. The van der Waals surface area contributed by atoms with Crippen molar-refractivity contribution in [2.45, 2.75) is 12.8 Å². The van der Waals surface area contributed by atoms with E-state index in [0.29, 0.717) is 36.6 Å². The molecule has 0 atom stereocenters. The van der Waals surface area contributed by atoms with Crippen LogP contribution in [0.25, 0.3) is 10.2 Å². The number of hydrogen-bond donors (Lipinski definition) is 2. The van der Waals surface area contributed by atoms with Gasteiger partial charge in [0.05, 0.1) is 20.2 Å². The number of rotatable bonds is 6. The van der Waals surface area contributed by atoms with Crippen LogP contribution in [0.5, 0.6) is 0 Å². The van der Waals surface area contributed by atoms with Crippen LogP contribution in [-0.2, 0) is 12.8 Å². The fraction of sp³-hybridized carbons (Fsp3) is 0.267. The van der Waals surface area contributed by atoms with Crippen molar-refractivity contribution in [3.05, 3.63) is 44.3 Å². The van der Waals surface area contributed by atoms with Gasteiger partial charge in [0.1, 0.15) is 5.69 Å². The average Bonchev–Trinajstić information content (AvgIpc) is 3.13. The fourth-order valence-corrected chi connectivity index (χ4v) is 3.99. The van der Waals surface area contributed by atoms with Gasteiger partial charge in [-0.3, -0.25) is 4.79 Å². The number of nitrogens with two attached hydrogens (primary N) is 1. The van der Waals surface area contributed by atoms with Crippen LogP contribution in [0.3, 0.4) is 0 Å². The van der Waals surface area contributed by atoms with E-state index in [2.05, 4.69) is 15.3 Å². The highest BCUT2D eigenvalue weighted by Gasteiger charge is 2.11. The fourth-order valence-electron chi connectivity index (χ4n) is 2.08. The van der Waals surface area contributed by atoms with E-state index in [0.717, 1.165) is 20.2 Å². The van der Waals surface area contributed by atoms with Crippen LogP contribution < -0.4 is 11.1 Å². The minimum Gasteiger partial charge on any atom is -0.350 e. The maximum absolute atomic E-state index is 12.0. The van der Waals surface area contributed by atoms with Crippen LogP contribution in [0.2, 0.25) is 5.02 Å². The second kappa shape index (κ2) is 8.73. The van der Waals surface area contributed by atoms with Gasteiger partial charge in [-0.15, -0.1) is 35.1 Å². The molecule has 1 amide bonds. The first-order chi connectivity index (χ1) is 11.2. The second-order valence-electron chi connectivity index (χ2n) is 4.89. The summed E-state index contributed by atoms with van der Waals surface area (Å²) in [5.41, 5.74) is 6.84. The molecule has 9 heteroatoms. The molecule has 0 aliphatic heterocycles. The highest BCUT2D eigenvalue weighted by atomic mass is 35.5. The summed E-state index contributed by atoms with van der Waals surface area (Å²) in [6, 6.07) is 5.67. The third-order valence-corrected chi connectivity index (χ3v) is 5.40. The first kappa shape index (κ1) is 19.1. The number of amides is 1. The molecule has 128 valence electrons. The third-order valence-electron chi connectivity index (χ3n) is 3.16. The molecule has 2 aromatic heterocycles. The molecule has 5 nitrogen and oxygen atoms in total. The lowest BCUT2D eigenvalue weighted by molar-refractivity contribution is 0.0949. The van der Waals surface area contributed by atoms with Crippen molar-refractivity contribution in [2.24, 2.45) is 5.73 Å². The molecule has 0 unspecified atom stereocenters. The zero-order valence-corrected chi connectivity index (χ0v) is 15.8. The maximum atomic E-state index is 12.0. The smallest absolute Gasteiger partial charge is 0.270 e. The summed E-state index contributed by atoms with van der Waals surface area (Å²) in [6.07, 6.45) is 1.38. The van der Waals surface area contributed by atoms with Crippen molar-refractivity contribution in [3.63, 3.8) is 0 Å². The number of nitrogens with zero attached hydrogens (tertiary/aromatic N) is 2. The van der Waals surface area contributed by atoms with E-state index >= 15 is 0 Å². The predicted molar refractivity (Wildman–Crippen MR) is 103 cm³/mol. The lowest BCUT2D eigenvalue weighted by atomic mass is 10.3. The number of carbonyl (C=O) groups excluding carboxylic acids is 1. The molecule has 0 fully saturated rings. The van der Waals surface area contributed by atoms with Gasteiger partial charge >= 0.3 is 0 Å². The van der Waals surface area contributed by atoms with E-state index in [4.69, 9.17) is 17.3 Å². The Morgan fingerprint density at radius 2 is 2.08 bits per heavy atom. The number of halogens is 2. The average molecular weight is 403 g/mol. The SMILES string of the molecule is Cl.NCCc1nc(C(=O)NCCc2nc3cc(Cl)ccc3s2)cs1. The Labute approximate surface area is 158 Å². The van der Waals surface area contributed by atoms with E-state index in [1.54, 1.807) is 16.7 Å². The Hall–Kier alpha value is -1.25. The van der Waals surface area contributed by atoms with Gasteiger partial charge in [-0.05, 0) is 24.7 Å². The second-order valence-corrected chi connectivity index (χ2v) is 7.39. The number of fused-ring (bicyclic) bond motifs is 1.